The van der Waals surface area contributed by atoms with Gasteiger partial charge in [0.1, 0.15) is 0 Å². The van der Waals surface area contributed by atoms with Crippen LogP contribution in [0.1, 0.15) is 24.2 Å². The van der Waals surface area contributed by atoms with Gasteiger partial charge in [0.2, 0.25) is 0 Å². The van der Waals surface area contributed by atoms with Crippen LogP contribution in [-0.4, -0.2) is 12.4 Å². The van der Waals surface area contributed by atoms with Crippen molar-refractivity contribution < 1.29 is 9.53 Å². The first kappa shape index (κ1) is 11.0. The van der Waals surface area contributed by atoms with Gasteiger partial charge in [-0.3, -0.25) is 4.79 Å². The van der Waals surface area contributed by atoms with Crippen molar-refractivity contribution in [1.29, 1.82) is 0 Å². The van der Waals surface area contributed by atoms with Crippen LogP contribution in [0.2, 0.25) is 0 Å². The number of hydrogen-bond acceptors (Lipinski definition) is 3. The third kappa shape index (κ3) is 2.07. The Morgan fingerprint density at radius 3 is 2.71 bits per heavy atom. The van der Waals surface area contributed by atoms with Gasteiger partial charge in [-0.15, -0.1) is 0 Å². The highest BCUT2D eigenvalue weighted by molar-refractivity contribution is 9.10. The fourth-order valence-corrected chi connectivity index (χ4v) is 1.46. The molecule has 0 aliphatic heterocycles. The average Bonchev–Trinajstić information content (AvgIpc) is 2.13. The van der Waals surface area contributed by atoms with E-state index in [1.165, 1.54) is 6.92 Å². The Morgan fingerprint density at radius 2 is 2.21 bits per heavy atom. The number of ketones is 1. The summed E-state index contributed by atoms with van der Waals surface area (Å²) in [6, 6.07) is 3.45. The number of carbonyl (C=O) groups is 1. The second-order valence-electron chi connectivity index (χ2n) is 2.83. The van der Waals surface area contributed by atoms with Crippen molar-refractivity contribution in [2.75, 3.05) is 12.3 Å². The van der Waals surface area contributed by atoms with E-state index < -0.39 is 0 Å². The Labute approximate surface area is 91.4 Å². The SMILES string of the molecule is CCOc1c(C(C)=O)ccc(Br)c1N. The zero-order chi connectivity index (χ0) is 10.7. The minimum atomic E-state index is -0.0485. The lowest BCUT2D eigenvalue weighted by Crippen LogP contribution is -2.04. The normalized spacial score (nSPS) is 9.93. The number of Topliss-reactive ketones (excluding diaryl/α,β-unsaturated/α-hetero) is 1. The molecular formula is C10H12BrNO2. The number of rotatable bonds is 3. The van der Waals surface area contributed by atoms with E-state index in [1.54, 1.807) is 12.1 Å². The lowest BCUT2D eigenvalue weighted by molar-refractivity contribution is 0.101. The van der Waals surface area contributed by atoms with Crippen LogP contribution < -0.4 is 10.5 Å². The molecule has 2 N–H and O–H groups in total. The molecule has 14 heavy (non-hydrogen) atoms. The van der Waals surface area contributed by atoms with Crippen molar-refractivity contribution in [3.63, 3.8) is 0 Å². The molecule has 0 atom stereocenters. The Morgan fingerprint density at radius 1 is 1.57 bits per heavy atom. The van der Waals surface area contributed by atoms with Gasteiger partial charge in [0.25, 0.3) is 0 Å². The van der Waals surface area contributed by atoms with Crippen molar-refractivity contribution in [1.82, 2.24) is 0 Å². The van der Waals surface area contributed by atoms with Gasteiger partial charge in [-0.05, 0) is 41.9 Å². The summed E-state index contributed by atoms with van der Waals surface area (Å²) in [7, 11) is 0. The lowest BCUT2D eigenvalue weighted by Gasteiger charge is -2.11. The molecule has 0 saturated heterocycles. The van der Waals surface area contributed by atoms with Gasteiger partial charge < -0.3 is 10.5 Å². The predicted molar refractivity (Wildman–Crippen MR) is 59.7 cm³/mol. The van der Waals surface area contributed by atoms with Gasteiger partial charge in [0, 0.05) is 4.47 Å². The van der Waals surface area contributed by atoms with E-state index in [9.17, 15) is 4.79 Å². The predicted octanol–water partition coefficient (Wildman–Crippen LogP) is 2.63. The summed E-state index contributed by atoms with van der Waals surface area (Å²) in [5.41, 5.74) is 6.78. The number of halogens is 1. The molecule has 0 heterocycles. The number of hydrogen-bond donors (Lipinski definition) is 1. The summed E-state index contributed by atoms with van der Waals surface area (Å²) >= 11 is 3.28. The van der Waals surface area contributed by atoms with Crippen LogP contribution in [0.4, 0.5) is 5.69 Å². The van der Waals surface area contributed by atoms with E-state index in [4.69, 9.17) is 10.5 Å². The molecule has 0 aliphatic rings. The Bertz CT molecular complexity index is 363. The Hall–Kier alpha value is -1.03. The molecule has 1 rings (SSSR count). The second kappa shape index (κ2) is 4.46. The molecule has 1 aromatic rings. The number of ether oxygens (including phenoxy) is 1. The van der Waals surface area contributed by atoms with Crippen LogP contribution in [0.3, 0.4) is 0 Å². The minimum absolute atomic E-state index is 0.0485. The third-order valence-electron chi connectivity index (χ3n) is 1.81. The van der Waals surface area contributed by atoms with Gasteiger partial charge in [0.15, 0.2) is 11.5 Å². The summed E-state index contributed by atoms with van der Waals surface area (Å²) < 4.78 is 6.08. The van der Waals surface area contributed by atoms with Crippen molar-refractivity contribution in [2.24, 2.45) is 0 Å². The highest BCUT2D eigenvalue weighted by Gasteiger charge is 2.13. The first-order valence-corrected chi connectivity index (χ1v) is 5.09. The van der Waals surface area contributed by atoms with Crippen molar-refractivity contribution in [3.8, 4) is 5.75 Å². The molecule has 0 amide bonds. The van der Waals surface area contributed by atoms with Crippen molar-refractivity contribution in [3.05, 3.63) is 22.2 Å². The molecule has 0 bridgehead atoms. The quantitative estimate of drug-likeness (QED) is 0.669. The van der Waals surface area contributed by atoms with Gasteiger partial charge in [0.05, 0.1) is 17.9 Å². The number of carbonyl (C=O) groups excluding carboxylic acids is 1. The second-order valence-corrected chi connectivity index (χ2v) is 3.68. The molecule has 0 radical (unpaired) electrons. The Kier molecular flexibility index (Phi) is 3.52. The fraction of sp³-hybridized carbons (Fsp3) is 0.300. The van der Waals surface area contributed by atoms with E-state index in [2.05, 4.69) is 15.9 Å². The van der Waals surface area contributed by atoms with Crippen LogP contribution in [0.5, 0.6) is 5.75 Å². The third-order valence-corrected chi connectivity index (χ3v) is 2.50. The Balaban J connectivity index is 3.29. The maximum absolute atomic E-state index is 11.3. The lowest BCUT2D eigenvalue weighted by atomic mass is 10.1. The van der Waals surface area contributed by atoms with Gasteiger partial charge in [-0.2, -0.15) is 0 Å². The minimum Gasteiger partial charge on any atom is -0.491 e. The molecule has 0 unspecified atom stereocenters. The summed E-state index contributed by atoms with van der Waals surface area (Å²) in [5, 5.41) is 0. The van der Waals surface area contributed by atoms with Crippen LogP contribution in [0.15, 0.2) is 16.6 Å². The largest absolute Gasteiger partial charge is 0.491 e. The van der Waals surface area contributed by atoms with Crippen LogP contribution in [0.25, 0.3) is 0 Å². The molecule has 0 fully saturated rings. The zero-order valence-corrected chi connectivity index (χ0v) is 9.72. The molecule has 1 aromatic carbocycles. The fourth-order valence-electron chi connectivity index (χ4n) is 1.15. The average molecular weight is 258 g/mol. The van der Waals surface area contributed by atoms with E-state index in [-0.39, 0.29) is 5.78 Å². The van der Waals surface area contributed by atoms with Crippen LogP contribution in [-0.2, 0) is 0 Å². The highest BCUT2D eigenvalue weighted by Crippen LogP contribution is 2.33. The molecule has 0 saturated carbocycles. The van der Waals surface area contributed by atoms with E-state index in [0.717, 1.165) is 4.47 Å². The first-order valence-electron chi connectivity index (χ1n) is 4.29. The maximum Gasteiger partial charge on any atom is 0.163 e. The van der Waals surface area contributed by atoms with Crippen molar-refractivity contribution in [2.45, 2.75) is 13.8 Å². The number of anilines is 1. The smallest absolute Gasteiger partial charge is 0.163 e. The molecule has 0 aliphatic carbocycles. The first-order chi connectivity index (χ1) is 6.57. The molecule has 0 spiro atoms. The topological polar surface area (TPSA) is 52.3 Å². The van der Waals surface area contributed by atoms with Gasteiger partial charge in [-0.1, -0.05) is 0 Å². The summed E-state index contributed by atoms with van der Waals surface area (Å²) in [4.78, 5) is 11.3. The monoisotopic (exact) mass is 257 g/mol. The van der Waals surface area contributed by atoms with Crippen LogP contribution in [0, 0.1) is 0 Å². The van der Waals surface area contributed by atoms with E-state index in [1.807, 2.05) is 6.92 Å². The van der Waals surface area contributed by atoms with Gasteiger partial charge >= 0.3 is 0 Å². The van der Waals surface area contributed by atoms with Crippen molar-refractivity contribution >= 4 is 27.4 Å². The molecular weight excluding hydrogens is 246 g/mol. The molecule has 4 heteroatoms. The van der Waals surface area contributed by atoms with E-state index in [0.29, 0.717) is 23.6 Å². The number of benzene rings is 1. The number of nitrogen functional groups attached to an aromatic ring is 1. The summed E-state index contributed by atoms with van der Waals surface area (Å²) in [6.07, 6.45) is 0. The standard InChI is InChI=1S/C10H12BrNO2/c1-3-14-10-7(6(2)13)4-5-8(11)9(10)12/h4-5H,3,12H2,1-2H3. The molecule has 3 nitrogen and oxygen atoms in total. The molecule has 76 valence electrons. The maximum atomic E-state index is 11.3. The van der Waals surface area contributed by atoms with Gasteiger partial charge in [-0.25, -0.2) is 0 Å². The van der Waals surface area contributed by atoms with Crippen LogP contribution >= 0.6 is 15.9 Å². The zero-order valence-electron chi connectivity index (χ0n) is 8.13. The summed E-state index contributed by atoms with van der Waals surface area (Å²) in [5.74, 6) is 0.419. The summed E-state index contributed by atoms with van der Waals surface area (Å²) in [6.45, 7) is 3.83. The molecule has 0 aromatic heterocycles. The highest BCUT2D eigenvalue weighted by atomic mass is 79.9. The number of nitrogens with two attached hydrogens (primary N) is 1. The van der Waals surface area contributed by atoms with E-state index >= 15 is 0 Å².